The summed E-state index contributed by atoms with van der Waals surface area (Å²) < 4.78 is 15.9. The topological polar surface area (TPSA) is 64.1 Å². The van der Waals surface area contributed by atoms with Gasteiger partial charge in [-0.3, -0.25) is 4.99 Å². The maximum absolute atomic E-state index is 5.34. The number of hydrogen-bond donors (Lipinski definition) is 2. The largest absolute Gasteiger partial charge is 0.493 e. The summed E-state index contributed by atoms with van der Waals surface area (Å²) in [4.78, 5) is 4.31. The highest BCUT2D eigenvalue weighted by Gasteiger charge is 2.36. The van der Waals surface area contributed by atoms with Crippen LogP contribution < -0.4 is 20.1 Å². The first-order valence-electron chi connectivity index (χ1n) is 8.35. The normalized spacial score (nSPS) is 15.6. The highest BCUT2D eigenvalue weighted by molar-refractivity contribution is 14.0. The van der Waals surface area contributed by atoms with Crippen molar-refractivity contribution < 1.29 is 14.2 Å². The van der Waals surface area contributed by atoms with Gasteiger partial charge in [0.25, 0.3) is 0 Å². The van der Waals surface area contributed by atoms with E-state index in [0.717, 1.165) is 31.2 Å². The van der Waals surface area contributed by atoms with E-state index in [2.05, 4.69) is 15.6 Å². The van der Waals surface area contributed by atoms with Gasteiger partial charge >= 0.3 is 0 Å². The molecule has 2 N–H and O–H groups in total. The fraction of sp³-hybridized carbons (Fsp3) is 0.611. The van der Waals surface area contributed by atoms with Crippen LogP contribution in [-0.2, 0) is 4.74 Å². The maximum Gasteiger partial charge on any atom is 0.195 e. The Morgan fingerprint density at radius 3 is 2.40 bits per heavy atom. The number of rotatable bonds is 8. The zero-order valence-corrected chi connectivity index (χ0v) is 17.9. The van der Waals surface area contributed by atoms with E-state index in [4.69, 9.17) is 14.2 Å². The minimum Gasteiger partial charge on any atom is -0.493 e. The molecule has 6 nitrogen and oxygen atoms in total. The molecule has 1 aromatic carbocycles. The second-order valence-electron chi connectivity index (χ2n) is 6.22. The Bertz CT molecular complexity index is 562. The quantitative estimate of drug-likeness (QED) is 0.351. The van der Waals surface area contributed by atoms with Crippen molar-refractivity contribution in [2.45, 2.75) is 25.7 Å². The Morgan fingerprint density at radius 1 is 1.16 bits per heavy atom. The fourth-order valence-electron chi connectivity index (χ4n) is 3.01. The van der Waals surface area contributed by atoms with Crippen molar-refractivity contribution in [1.29, 1.82) is 0 Å². The molecule has 0 atom stereocenters. The fourth-order valence-corrected chi connectivity index (χ4v) is 3.01. The summed E-state index contributed by atoms with van der Waals surface area (Å²) >= 11 is 0. The predicted octanol–water partition coefficient (Wildman–Crippen LogP) is 3.52. The van der Waals surface area contributed by atoms with Crippen LogP contribution in [0.5, 0.6) is 11.5 Å². The van der Waals surface area contributed by atoms with Crippen LogP contribution in [0.2, 0.25) is 0 Å². The van der Waals surface area contributed by atoms with Crippen LogP contribution in [0, 0.1) is 5.41 Å². The Morgan fingerprint density at radius 2 is 1.88 bits per heavy atom. The van der Waals surface area contributed by atoms with Crippen LogP contribution in [0.15, 0.2) is 23.2 Å². The van der Waals surface area contributed by atoms with Crippen molar-refractivity contribution in [2.24, 2.45) is 10.4 Å². The second kappa shape index (κ2) is 10.7. The number of benzene rings is 1. The third-order valence-electron chi connectivity index (χ3n) is 4.75. The average molecular weight is 463 g/mol. The van der Waals surface area contributed by atoms with Crippen molar-refractivity contribution in [3.8, 4) is 11.5 Å². The summed E-state index contributed by atoms with van der Waals surface area (Å²) in [5.74, 6) is 2.15. The lowest BCUT2D eigenvalue weighted by Gasteiger charge is -2.42. The van der Waals surface area contributed by atoms with E-state index in [0.29, 0.717) is 16.9 Å². The van der Waals surface area contributed by atoms with Crippen LogP contribution in [0.1, 0.15) is 25.7 Å². The molecule has 7 heteroatoms. The molecule has 1 aliphatic carbocycles. The average Bonchev–Trinajstić information content (AvgIpc) is 2.59. The molecule has 1 saturated carbocycles. The molecular formula is C18H30IN3O3. The predicted molar refractivity (Wildman–Crippen MR) is 113 cm³/mol. The number of nitrogens with one attached hydrogen (secondary N) is 2. The van der Waals surface area contributed by atoms with Gasteiger partial charge in [-0.15, -0.1) is 24.0 Å². The van der Waals surface area contributed by atoms with Gasteiger partial charge in [0.1, 0.15) is 0 Å². The molecule has 1 aromatic rings. The number of guanidine groups is 1. The Balaban J connectivity index is 0.00000312. The van der Waals surface area contributed by atoms with Gasteiger partial charge in [0, 0.05) is 39.1 Å². The standard InChI is InChI=1S/C18H29N3O3.HI/c1-19-17(20-13-18(8-5-9-18)10-11-22-2)21-14-6-7-15(23-3)16(12-14)24-4;/h6-7,12H,5,8-11,13H2,1-4H3,(H2,19,20,21);1H. The molecule has 0 radical (unpaired) electrons. The molecule has 0 bridgehead atoms. The summed E-state index contributed by atoms with van der Waals surface area (Å²) in [5, 5.41) is 6.75. The molecule has 0 aromatic heterocycles. The first kappa shape index (κ1) is 21.8. The summed E-state index contributed by atoms with van der Waals surface area (Å²) in [6, 6.07) is 5.72. The minimum atomic E-state index is 0. The molecule has 1 aliphatic rings. The van der Waals surface area contributed by atoms with Crippen LogP contribution in [-0.4, -0.2) is 47.5 Å². The first-order chi connectivity index (χ1) is 11.7. The summed E-state index contributed by atoms with van der Waals surface area (Å²) in [6.07, 6.45) is 4.88. The van der Waals surface area contributed by atoms with Crippen LogP contribution in [0.4, 0.5) is 5.69 Å². The lowest BCUT2D eigenvalue weighted by molar-refractivity contribution is 0.0735. The van der Waals surface area contributed by atoms with E-state index in [1.807, 2.05) is 18.2 Å². The number of hydrogen-bond acceptors (Lipinski definition) is 4. The number of methoxy groups -OCH3 is 3. The summed E-state index contributed by atoms with van der Waals surface area (Å²) in [6.45, 7) is 1.71. The monoisotopic (exact) mass is 463 g/mol. The molecule has 142 valence electrons. The molecule has 1 fully saturated rings. The molecule has 0 amide bonds. The first-order valence-corrected chi connectivity index (χ1v) is 8.35. The second-order valence-corrected chi connectivity index (χ2v) is 6.22. The zero-order chi connectivity index (χ0) is 17.4. The molecule has 0 heterocycles. The lowest BCUT2D eigenvalue weighted by atomic mass is 9.67. The minimum absolute atomic E-state index is 0. The number of nitrogens with zero attached hydrogens (tertiary/aromatic N) is 1. The van der Waals surface area contributed by atoms with E-state index in [9.17, 15) is 0 Å². The maximum atomic E-state index is 5.34. The molecule has 2 rings (SSSR count). The van der Waals surface area contributed by atoms with Gasteiger partial charge in [0.05, 0.1) is 14.2 Å². The third-order valence-corrected chi connectivity index (χ3v) is 4.75. The number of halogens is 1. The number of ether oxygens (including phenoxy) is 3. The summed E-state index contributed by atoms with van der Waals surface area (Å²) in [5.41, 5.74) is 1.24. The van der Waals surface area contributed by atoms with E-state index >= 15 is 0 Å². The van der Waals surface area contributed by atoms with E-state index in [1.165, 1.54) is 19.3 Å². The molecule has 0 saturated heterocycles. The number of anilines is 1. The van der Waals surface area contributed by atoms with Crippen molar-refractivity contribution in [3.05, 3.63) is 18.2 Å². The van der Waals surface area contributed by atoms with Gasteiger partial charge in [-0.2, -0.15) is 0 Å². The SMILES string of the molecule is CN=C(NCC1(CCOC)CCC1)Nc1ccc(OC)c(OC)c1.I. The van der Waals surface area contributed by atoms with Gasteiger partial charge in [-0.1, -0.05) is 6.42 Å². The van der Waals surface area contributed by atoms with Gasteiger partial charge < -0.3 is 24.8 Å². The van der Waals surface area contributed by atoms with E-state index in [-0.39, 0.29) is 24.0 Å². The molecule has 25 heavy (non-hydrogen) atoms. The van der Waals surface area contributed by atoms with Crippen LogP contribution >= 0.6 is 24.0 Å². The van der Waals surface area contributed by atoms with Crippen molar-refractivity contribution in [2.75, 3.05) is 46.8 Å². The van der Waals surface area contributed by atoms with Crippen molar-refractivity contribution >= 4 is 35.6 Å². The zero-order valence-electron chi connectivity index (χ0n) is 15.6. The third kappa shape index (κ3) is 5.91. The van der Waals surface area contributed by atoms with Crippen molar-refractivity contribution in [3.63, 3.8) is 0 Å². The van der Waals surface area contributed by atoms with Crippen LogP contribution in [0.3, 0.4) is 0 Å². The Kier molecular flexibility index (Phi) is 9.34. The van der Waals surface area contributed by atoms with Crippen LogP contribution in [0.25, 0.3) is 0 Å². The Hall–Kier alpha value is -1.22. The van der Waals surface area contributed by atoms with E-state index < -0.39 is 0 Å². The molecule has 0 spiro atoms. The number of aliphatic imine (C=N–C) groups is 1. The lowest BCUT2D eigenvalue weighted by Crippen LogP contribution is -2.44. The van der Waals surface area contributed by atoms with Gasteiger partial charge in [0.15, 0.2) is 17.5 Å². The van der Waals surface area contributed by atoms with Gasteiger partial charge in [-0.05, 0) is 36.8 Å². The van der Waals surface area contributed by atoms with Gasteiger partial charge in [-0.25, -0.2) is 0 Å². The molecule has 0 unspecified atom stereocenters. The van der Waals surface area contributed by atoms with E-state index in [1.54, 1.807) is 28.4 Å². The Labute approximate surface area is 167 Å². The molecular weight excluding hydrogens is 433 g/mol. The molecule has 0 aliphatic heterocycles. The highest BCUT2D eigenvalue weighted by Crippen LogP contribution is 2.43. The highest BCUT2D eigenvalue weighted by atomic mass is 127. The smallest absolute Gasteiger partial charge is 0.195 e. The van der Waals surface area contributed by atoms with Crippen molar-refractivity contribution in [1.82, 2.24) is 5.32 Å². The summed E-state index contributed by atoms with van der Waals surface area (Å²) in [7, 11) is 6.80. The van der Waals surface area contributed by atoms with Gasteiger partial charge in [0.2, 0.25) is 0 Å².